The summed E-state index contributed by atoms with van der Waals surface area (Å²) in [6.45, 7) is 2.37. The van der Waals surface area contributed by atoms with Gasteiger partial charge in [0.25, 0.3) is 5.91 Å². The molecule has 3 nitrogen and oxygen atoms in total. The first kappa shape index (κ1) is 13.3. The summed E-state index contributed by atoms with van der Waals surface area (Å²) in [5.41, 5.74) is 8.55. The van der Waals surface area contributed by atoms with Crippen LogP contribution in [0.5, 0.6) is 0 Å². The fourth-order valence-corrected chi connectivity index (χ4v) is 1.91. The summed E-state index contributed by atoms with van der Waals surface area (Å²) in [4.78, 5) is 12.1. The van der Waals surface area contributed by atoms with Crippen molar-refractivity contribution in [1.29, 1.82) is 0 Å². The van der Waals surface area contributed by atoms with Crippen molar-refractivity contribution < 1.29 is 4.79 Å². The second-order valence-corrected chi connectivity index (χ2v) is 4.54. The van der Waals surface area contributed by atoms with E-state index in [9.17, 15) is 4.79 Å². The van der Waals surface area contributed by atoms with Gasteiger partial charge in [0, 0.05) is 12.1 Å². The SMILES string of the molecule is Cc1ccc(C(=O)N[C@@H](CN)c2ccccc2)cc1. The molecule has 0 bridgehead atoms. The first-order chi connectivity index (χ1) is 9.20. The predicted octanol–water partition coefficient (Wildman–Crippen LogP) is 2.42. The summed E-state index contributed by atoms with van der Waals surface area (Å²) in [6.07, 6.45) is 0. The fourth-order valence-electron chi connectivity index (χ4n) is 1.91. The van der Waals surface area contributed by atoms with Crippen LogP contribution in [0.2, 0.25) is 0 Å². The van der Waals surface area contributed by atoms with Crippen LogP contribution >= 0.6 is 0 Å². The van der Waals surface area contributed by atoms with Crippen molar-refractivity contribution >= 4 is 5.91 Å². The Morgan fingerprint density at radius 3 is 2.32 bits per heavy atom. The van der Waals surface area contributed by atoms with Crippen LogP contribution < -0.4 is 11.1 Å². The van der Waals surface area contributed by atoms with Gasteiger partial charge in [-0.1, -0.05) is 48.0 Å². The maximum absolute atomic E-state index is 12.1. The molecule has 98 valence electrons. The summed E-state index contributed by atoms with van der Waals surface area (Å²) >= 11 is 0. The van der Waals surface area contributed by atoms with Gasteiger partial charge in [-0.3, -0.25) is 4.79 Å². The lowest BCUT2D eigenvalue weighted by Gasteiger charge is -2.17. The van der Waals surface area contributed by atoms with Gasteiger partial charge in [0.1, 0.15) is 0 Å². The smallest absolute Gasteiger partial charge is 0.251 e. The number of aryl methyl sites for hydroxylation is 1. The van der Waals surface area contributed by atoms with Gasteiger partial charge >= 0.3 is 0 Å². The molecule has 0 heterocycles. The number of rotatable bonds is 4. The molecular formula is C16H18N2O. The summed E-state index contributed by atoms with van der Waals surface area (Å²) in [5, 5.41) is 2.95. The average molecular weight is 254 g/mol. The molecule has 3 heteroatoms. The van der Waals surface area contributed by atoms with Gasteiger partial charge in [0.05, 0.1) is 6.04 Å². The topological polar surface area (TPSA) is 55.1 Å². The molecule has 0 saturated carbocycles. The monoisotopic (exact) mass is 254 g/mol. The van der Waals surface area contributed by atoms with Gasteiger partial charge in [0.15, 0.2) is 0 Å². The van der Waals surface area contributed by atoms with Crippen molar-refractivity contribution in [2.24, 2.45) is 5.73 Å². The molecule has 0 aliphatic rings. The molecule has 0 aromatic heterocycles. The minimum Gasteiger partial charge on any atom is -0.344 e. The molecule has 1 atom stereocenters. The Labute approximate surface area is 113 Å². The highest BCUT2D eigenvalue weighted by molar-refractivity contribution is 5.94. The molecule has 0 aliphatic heterocycles. The third-order valence-electron chi connectivity index (χ3n) is 3.06. The Morgan fingerprint density at radius 2 is 1.74 bits per heavy atom. The summed E-state index contributed by atoms with van der Waals surface area (Å²) in [6, 6.07) is 17.1. The van der Waals surface area contributed by atoms with Gasteiger partial charge < -0.3 is 11.1 Å². The summed E-state index contributed by atoms with van der Waals surface area (Å²) in [7, 11) is 0. The van der Waals surface area contributed by atoms with Crippen LogP contribution in [0.3, 0.4) is 0 Å². The van der Waals surface area contributed by atoms with Crippen LogP contribution in [0.25, 0.3) is 0 Å². The largest absolute Gasteiger partial charge is 0.344 e. The molecule has 19 heavy (non-hydrogen) atoms. The Bertz CT molecular complexity index is 534. The maximum atomic E-state index is 12.1. The number of nitrogens with one attached hydrogen (secondary N) is 1. The van der Waals surface area contributed by atoms with Gasteiger partial charge in [-0.15, -0.1) is 0 Å². The second-order valence-electron chi connectivity index (χ2n) is 4.54. The fraction of sp³-hybridized carbons (Fsp3) is 0.188. The Kier molecular flexibility index (Phi) is 4.31. The van der Waals surface area contributed by atoms with Crippen molar-refractivity contribution in [3.8, 4) is 0 Å². The number of carbonyl (C=O) groups excluding carboxylic acids is 1. The third-order valence-corrected chi connectivity index (χ3v) is 3.06. The van der Waals surface area contributed by atoms with Crippen LogP contribution in [-0.4, -0.2) is 12.5 Å². The van der Waals surface area contributed by atoms with Crippen LogP contribution in [0.4, 0.5) is 0 Å². The normalized spacial score (nSPS) is 11.9. The Balaban J connectivity index is 2.10. The van der Waals surface area contributed by atoms with E-state index in [1.807, 2.05) is 61.5 Å². The highest BCUT2D eigenvalue weighted by Gasteiger charge is 2.13. The molecule has 0 unspecified atom stereocenters. The summed E-state index contributed by atoms with van der Waals surface area (Å²) < 4.78 is 0. The van der Waals surface area contributed by atoms with Gasteiger partial charge in [-0.2, -0.15) is 0 Å². The van der Waals surface area contributed by atoms with Crippen molar-refractivity contribution in [3.63, 3.8) is 0 Å². The minimum absolute atomic E-state index is 0.0979. The molecule has 1 amide bonds. The van der Waals surface area contributed by atoms with Crippen LogP contribution in [0.1, 0.15) is 27.5 Å². The predicted molar refractivity (Wildman–Crippen MR) is 76.9 cm³/mol. The highest BCUT2D eigenvalue weighted by Crippen LogP contribution is 2.12. The number of hydrogen-bond donors (Lipinski definition) is 2. The molecule has 0 aliphatic carbocycles. The minimum atomic E-state index is -0.157. The zero-order valence-corrected chi connectivity index (χ0v) is 11.0. The summed E-state index contributed by atoms with van der Waals surface area (Å²) in [5.74, 6) is -0.0979. The van der Waals surface area contributed by atoms with Crippen molar-refractivity contribution in [3.05, 3.63) is 71.3 Å². The molecule has 3 N–H and O–H groups in total. The third kappa shape index (κ3) is 3.42. The molecule has 0 fully saturated rings. The maximum Gasteiger partial charge on any atom is 0.251 e. The first-order valence-corrected chi connectivity index (χ1v) is 6.33. The number of benzene rings is 2. The van der Waals surface area contributed by atoms with E-state index in [1.165, 1.54) is 0 Å². The van der Waals surface area contributed by atoms with Gasteiger partial charge in [0.2, 0.25) is 0 Å². The van der Waals surface area contributed by atoms with E-state index in [2.05, 4.69) is 5.32 Å². The zero-order chi connectivity index (χ0) is 13.7. The van der Waals surface area contributed by atoms with E-state index in [0.717, 1.165) is 11.1 Å². The van der Waals surface area contributed by atoms with E-state index in [0.29, 0.717) is 12.1 Å². The first-order valence-electron chi connectivity index (χ1n) is 6.33. The Morgan fingerprint density at radius 1 is 1.11 bits per heavy atom. The van der Waals surface area contributed by atoms with Crippen LogP contribution in [-0.2, 0) is 0 Å². The van der Waals surface area contributed by atoms with E-state index in [1.54, 1.807) is 0 Å². The molecule has 0 spiro atoms. The van der Waals surface area contributed by atoms with Crippen LogP contribution in [0, 0.1) is 6.92 Å². The number of carbonyl (C=O) groups is 1. The number of amides is 1. The van der Waals surface area contributed by atoms with E-state index in [-0.39, 0.29) is 11.9 Å². The van der Waals surface area contributed by atoms with E-state index in [4.69, 9.17) is 5.73 Å². The van der Waals surface area contributed by atoms with Crippen molar-refractivity contribution in [1.82, 2.24) is 5.32 Å². The van der Waals surface area contributed by atoms with E-state index < -0.39 is 0 Å². The number of nitrogens with two attached hydrogens (primary N) is 1. The molecule has 2 aromatic rings. The van der Waals surface area contributed by atoms with Crippen molar-refractivity contribution in [2.45, 2.75) is 13.0 Å². The Hall–Kier alpha value is -2.13. The second kappa shape index (κ2) is 6.16. The molecular weight excluding hydrogens is 236 g/mol. The zero-order valence-electron chi connectivity index (χ0n) is 11.0. The standard InChI is InChI=1S/C16H18N2O/c1-12-7-9-14(10-8-12)16(19)18-15(11-17)13-5-3-2-4-6-13/h2-10,15H,11,17H2,1H3,(H,18,19)/t15-/m0/s1. The lowest BCUT2D eigenvalue weighted by atomic mass is 10.1. The number of hydrogen-bond acceptors (Lipinski definition) is 2. The molecule has 2 aromatic carbocycles. The molecule has 2 rings (SSSR count). The van der Waals surface area contributed by atoms with Gasteiger partial charge in [-0.25, -0.2) is 0 Å². The molecule has 0 saturated heterocycles. The lowest BCUT2D eigenvalue weighted by molar-refractivity contribution is 0.0938. The van der Waals surface area contributed by atoms with Crippen LogP contribution in [0.15, 0.2) is 54.6 Å². The quantitative estimate of drug-likeness (QED) is 0.880. The highest BCUT2D eigenvalue weighted by atomic mass is 16.1. The lowest BCUT2D eigenvalue weighted by Crippen LogP contribution is -2.33. The van der Waals surface area contributed by atoms with Crippen molar-refractivity contribution in [2.75, 3.05) is 6.54 Å². The van der Waals surface area contributed by atoms with Gasteiger partial charge in [-0.05, 0) is 24.6 Å². The molecule has 0 radical (unpaired) electrons. The average Bonchev–Trinajstić information content (AvgIpc) is 2.46. The van der Waals surface area contributed by atoms with E-state index >= 15 is 0 Å².